The predicted molar refractivity (Wildman–Crippen MR) is 132 cm³/mol. The number of carboxylic acids is 2. The minimum Gasteiger partial charge on any atom is -0.478 e. The summed E-state index contributed by atoms with van der Waals surface area (Å²) < 4.78 is 1.92. The largest absolute Gasteiger partial charge is 0.478 e. The molecule has 0 saturated carbocycles. The summed E-state index contributed by atoms with van der Waals surface area (Å²) in [5.41, 5.74) is 0.310. The fourth-order valence-corrected chi connectivity index (χ4v) is 3.55. The Bertz CT molecular complexity index is 1000. The summed E-state index contributed by atoms with van der Waals surface area (Å²) in [6.45, 7) is 10.1. The number of hydrogen-bond acceptors (Lipinski definition) is 7. The van der Waals surface area contributed by atoms with E-state index in [2.05, 4.69) is 25.3 Å². The maximum atomic E-state index is 12.3. The monoisotopic (exact) mass is 488 g/mol. The summed E-state index contributed by atoms with van der Waals surface area (Å²) in [5.74, 6) is -2.04. The Morgan fingerprint density at radius 1 is 0.971 bits per heavy atom. The lowest BCUT2D eigenvalue weighted by atomic mass is 9.96. The molecule has 0 bridgehead atoms. The zero-order valence-electron chi connectivity index (χ0n) is 20.7. The van der Waals surface area contributed by atoms with Gasteiger partial charge in [0.1, 0.15) is 12.1 Å². The van der Waals surface area contributed by atoms with Crippen molar-refractivity contribution in [3.8, 4) is 0 Å². The van der Waals surface area contributed by atoms with Crippen LogP contribution in [-0.2, 0) is 20.9 Å². The number of nitrogens with zero attached hydrogens (tertiary/aromatic N) is 5. The highest BCUT2D eigenvalue weighted by Crippen LogP contribution is 2.22. The van der Waals surface area contributed by atoms with E-state index in [1.54, 1.807) is 6.20 Å². The summed E-state index contributed by atoms with van der Waals surface area (Å²) in [4.78, 5) is 42.6. The fraction of sp³-hybridized carbons (Fsp3) is 0.583. The van der Waals surface area contributed by atoms with Crippen LogP contribution in [0.1, 0.15) is 59.3 Å². The van der Waals surface area contributed by atoms with Crippen molar-refractivity contribution in [2.24, 2.45) is 5.41 Å². The van der Waals surface area contributed by atoms with Crippen LogP contribution >= 0.6 is 0 Å². The van der Waals surface area contributed by atoms with Crippen LogP contribution in [0.4, 0.5) is 5.82 Å². The highest BCUT2D eigenvalue weighted by molar-refractivity contribution is 6.00. The first-order chi connectivity index (χ1) is 16.6. The number of anilines is 1. The van der Waals surface area contributed by atoms with Gasteiger partial charge in [0, 0.05) is 24.1 Å². The molecule has 3 heterocycles. The Labute approximate surface area is 205 Å². The summed E-state index contributed by atoms with van der Waals surface area (Å²) in [6, 6.07) is 0. The molecule has 2 aromatic heterocycles. The molecule has 1 fully saturated rings. The molecule has 1 aliphatic heterocycles. The van der Waals surface area contributed by atoms with Crippen molar-refractivity contribution < 1.29 is 24.6 Å². The number of aryl methyl sites for hydroxylation is 1. The fourth-order valence-electron chi connectivity index (χ4n) is 3.55. The van der Waals surface area contributed by atoms with E-state index in [0.29, 0.717) is 18.0 Å². The van der Waals surface area contributed by atoms with Gasteiger partial charge < -0.3 is 20.4 Å². The van der Waals surface area contributed by atoms with Gasteiger partial charge in [0.25, 0.3) is 0 Å². The molecule has 11 nitrogen and oxygen atoms in total. The number of carbonyl (C=O) groups is 3. The Balaban J connectivity index is 0.000000466. The number of aromatic nitrogens is 4. The van der Waals surface area contributed by atoms with Gasteiger partial charge in [0.2, 0.25) is 5.91 Å². The number of nitrogens with one attached hydrogen (secondary N) is 1. The van der Waals surface area contributed by atoms with Crippen LogP contribution in [-0.4, -0.2) is 72.3 Å². The SMILES string of the molecule is CC(C)(C)C(=O)Nc1ncnc2c1cnn2CCCCN1CCCCCC1.O=C(O)C=CC(=O)O. The normalized spacial score (nSPS) is 14.8. The first kappa shape index (κ1) is 27.9. The number of unbranched alkanes of at least 4 members (excludes halogenated alkanes) is 1. The molecule has 3 N–H and O–H groups in total. The number of rotatable bonds is 8. The van der Waals surface area contributed by atoms with Gasteiger partial charge in [-0.05, 0) is 45.3 Å². The molecule has 35 heavy (non-hydrogen) atoms. The maximum absolute atomic E-state index is 12.3. The van der Waals surface area contributed by atoms with Gasteiger partial charge in [-0.1, -0.05) is 33.6 Å². The molecule has 1 aliphatic rings. The van der Waals surface area contributed by atoms with Crippen molar-refractivity contribution in [2.45, 2.75) is 65.8 Å². The molecule has 2 aromatic rings. The van der Waals surface area contributed by atoms with Crippen molar-refractivity contribution in [3.63, 3.8) is 0 Å². The van der Waals surface area contributed by atoms with E-state index in [1.807, 2.05) is 25.5 Å². The van der Waals surface area contributed by atoms with Crippen molar-refractivity contribution in [2.75, 3.05) is 25.0 Å². The second kappa shape index (κ2) is 13.5. The van der Waals surface area contributed by atoms with E-state index in [4.69, 9.17) is 10.2 Å². The van der Waals surface area contributed by atoms with Crippen LogP contribution < -0.4 is 5.32 Å². The lowest BCUT2D eigenvalue weighted by Gasteiger charge is -2.19. The molecule has 3 rings (SSSR count). The number of amides is 1. The van der Waals surface area contributed by atoms with Gasteiger partial charge in [-0.2, -0.15) is 5.10 Å². The minimum atomic E-state index is -1.26. The van der Waals surface area contributed by atoms with Gasteiger partial charge in [0.15, 0.2) is 5.65 Å². The molecule has 11 heteroatoms. The van der Waals surface area contributed by atoms with E-state index in [9.17, 15) is 14.4 Å². The first-order valence-electron chi connectivity index (χ1n) is 11.9. The third kappa shape index (κ3) is 9.81. The number of carbonyl (C=O) groups excluding carboxylic acids is 1. The molecular weight excluding hydrogens is 452 g/mol. The first-order valence-corrected chi connectivity index (χ1v) is 11.9. The predicted octanol–water partition coefficient (Wildman–Crippen LogP) is 3.18. The van der Waals surface area contributed by atoms with Crippen LogP contribution in [0, 0.1) is 5.41 Å². The van der Waals surface area contributed by atoms with E-state index < -0.39 is 17.4 Å². The average Bonchev–Trinajstić information content (AvgIpc) is 3.02. The summed E-state index contributed by atoms with van der Waals surface area (Å²) in [6.07, 6.45) is 12.0. The summed E-state index contributed by atoms with van der Waals surface area (Å²) in [5, 5.41) is 23.8. The van der Waals surface area contributed by atoms with E-state index >= 15 is 0 Å². The maximum Gasteiger partial charge on any atom is 0.328 e. The molecule has 0 atom stereocenters. The Hall–Kier alpha value is -3.34. The molecule has 1 amide bonds. The smallest absolute Gasteiger partial charge is 0.328 e. The number of aliphatic carboxylic acids is 2. The third-order valence-electron chi connectivity index (χ3n) is 5.51. The van der Waals surface area contributed by atoms with E-state index in [0.717, 1.165) is 24.0 Å². The van der Waals surface area contributed by atoms with E-state index in [-0.39, 0.29) is 5.91 Å². The Morgan fingerprint density at radius 3 is 2.14 bits per heavy atom. The van der Waals surface area contributed by atoms with Crippen molar-refractivity contribution in [3.05, 3.63) is 24.7 Å². The van der Waals surface area contributed by atoms with Crippen LogP contribution in [0.2, 0.25) is 0 Å². The number of fused-ring (bicyclic) bond motifs is 1. The molecule has 0 spiro atoms. The second-order valence-corrected chi connectivity index (χ2v) is 9.50. The van der Waals surface area contributed by atoms with Crippen molar-refractivity contribution >= 4 is 34.7 Å². The van der Waals surface area contributed by atoms with Gasteiger partial charge in [0.05, 0.1) is 11.6 Å². The standard InChI is InChI=1S/C20H32N6O.C4H4O4/c1-20(2,3)19(27)24-17-16-14-23-26(18(16)22-15-21-17)13-9-8-12-25-10-6-4-5-7-11-25;5-3(6)1-2-4(7)8/h14-15H,4-13H2,1-3H3,(H,21,22,24,27);1-2H,(H,5,6)(H,7,8). The molecule has 0 aliphatic carbocycles. The van der Waals surface area contributed by atoms with Crippen LogP contribution in [0.25, 0.3) is 11.0 Å². The molecule has 1 saturated heterocycles. The zero-order chi connectivity index (χ0) is 25.8. The lowest BCUT2D eigenvalue weighted by Crippen LogP contribution is -2.28. The average molecular weight is 489 g/mol. The van der Waals surface area contributed by atoms with Gasteiger partial charge >= 0.3 is 11.9 Å². The van der Waals surface area contributed by atoms with E-state index in [1.165, 1.54) is 58.1 Å². The van der Waals surface area contributed by atoms with Gasteiger partial charge in [-0.25, -0.2) is 24.2 Å². The molecular formula is C24H36N6O5. The minimum absolute atomic E-state index is 0.0623. The van der Waals surface area contributed by atoms with Gasteiger partial charge in [-0.15, -0.1) is 0 Å². The van der Waals surface area contributed by atoms with Crippen molar-refractivity contribution in [1.82, 2.24) is 24.6 Å². The lowest BCUT2D eigenvalue weighted by molar-refractivity contribution is -0.134. The highest BCUT2D eigenvalue weighted by atomic mass is 16.4. The molecule has 0 radical (unpaired) electrons. The third-order valence-corrected chi connectivity index (χ3v) is 5.51. The Morgan fingerprint density at radius 2 is 1.57 bits per heavy atom. The highest BCUT2D eigenvalue weighted by Gasteiger charge is 2.23. The quantitative estimate of drug-likeness (QED) is 0.376. The van der Waals surface area contributed by atoms with Crippen LogP contribution in [0.3, 0.4) is 0 Å². The summed E-state index contributed by atoms with van der Waals surface area (Å²) >= 11 is 0. The molecule has 0 aromatic carbocycles. The van der Waals surface area contributed by atoms with Crippen LogP contribution in [0.5, 0.6) is 0 Å². The van der Waals surface area contributed by atoms with Gasteiger partial charge in [-0.3, -0.25) is 4.79 Å². The van der Waals surface area contributed by atoms with Crippen LogP contribution in [0.15, 0.2) is 24.7 Å². The topological polar surface area (TPSA) is 151 Å². The molecule has 0 unspecified atom stereocenters. The zero-order valence-corrected chi connectivity index (χ0v) is 20.7. The second-order valence-electron chi connectivity index (χ2n) is 9.50. The summed E-state index contributed by atoms with van der Waals surface area (Å²) in [7, 11) is 0. The molecule has 192 valence electrons. The number of carboxylic acid groups (broad SMARTS) is 2. The van der Waals surface area contributed by atoms with Crippen molar-refractivity contribution in [1.29, 1.82) is 0 Å². The Kier molecular flexibility index (Phi) is 10.8. The number of likely N-dealkylation sites (tertiary alicyclic amines) is 1. The number of hydrogen-bond donors (Lipinski definition) is 3.